The van der Waals surface area contributed by atoms with Crippen LogP contribution in [0.3, 0.4) is 0 Å². The maximum atomic E-state index is 13.4. The van der Waals surface area contributed by atoms with Gasteiger partial charge in [-0.25, -0.2) is 9.18 Å². The standard InChI is InChI=1S/C21H25FN2O4/c1-15(19-11-17(22)7-8-20(19)25)23-12-18-13-24(9-10-27-18)21(26)28-14-16-5-3-2-4-6-16/h2-8,11,15,18,23,25H,9-10,12-14H2,1H3. The molecule has 1 fully saturated rings. The normalized spacial score (nSPS) is 17.9. The molecule has 1 aliphatic rings. The van der Waals surface area contributed by atoms with Crippen LogP contribution < -0.4 is 5.32 Å². The second kappa shape index (κ2) is 9.52. The molecule has 1 amide bonds. The van der Waals surface area contributed by atoms with Crippen molar-refractivity contribution in [2.75, 3.05) is 26.2 Å². The fourth-order valence-electron chi connectivity index (χ4n) is 3.11. The highest BCUT2D eigenvalue weighted by atomic mass is 19.1. The molecular weight excluding hydrogens is 363 g/mol. The summed E-state index contributed by atoms with van der Waals surface area (Å²) in [5, 5.41) is 13.1. The molecule has 2 aromatic carbocycles. The molecule has 2 aromatic rings. The summed E-state index contributed by atoms with van der Waals surface area (Å²) in [7, 11) is 0. The van der Waals surface area contributed by atoms with Crippen molar-refractivity contribution >= 4 is 6.09 Å². The predicted octanol–water partition coefficient (Wildman–Crippen LogP) is 3.22. The van der Waals surface area contributed by atoms with Gasteiger partial charge in [-0.05, 0) is 30.7 Å². The van der Waals surface area contributed by atoms with E-state index < -0.39 is 5.82 Å². The molecule has 0 spiro atoms. The number of carbonyl (C=O) groups excluding carboxylic acids is 1. The van der Waals surface area contributed by atoms with Crippen LogP contribution in [0.1, 0.15) is 24.1 Å². The molecule has 2 atom stereocenters. The smallest absolute Gasteiger partial charge is 0.410 e. The number of hydrogen-bond acceptors (Lipinski definition) is 5. The lowest BCUT2D eigenvalue weighted by Gasteiger charge is -2.33. The minimum absolute atomic E-state index is 0.0390. The van der Waals surface area contributed by atoms with Gasteiger partial charge in [0.15, 0.2) is 0 Å². The van der Waals surface area contributed by atoms with Crippen LogP contribution in [0.4, 0.5) is 9.18 Å². The average molecular weight is 388 g/mol. The number of benzene rings is 2. The Morgan fingerprint density at radius 1 is 1.36 bits per heavy atom. The highest BCUT2D eigenvalue weighted by Crippen LogP contribution is 2.24. The van der Waals surface area contributed by atoms with E-state index in [1.807, 2.05) is 37.3 Å². The van der Waals surface area contributed by atoms with E-state index in [4.69, 9.17) is 9.47 Å². The van der Waals surface area contributed by atoms with Gasteiger partial charge >= 0.3 is 6.09 Å². The van der Waals surface area contributed by atoms with Crippen LogP contribution in [-0.2, 0) is 16.1 Å². The number of aromatic hydroxyl groups is 1. The zero-order chi connectivity index (χ0) is 19.9. The third-order valence-corrected chi connectivity index (χ3v) is 4.71. The van der Waals surface area contributed by atoms with Crippen molar-refractivity contribution in [3.63, 3.8) is 0 Å². The van der Waals surface area contributed by atoms with Gasteiger partial charge in [0.2, 0.25) is 0 Å². The topological polar surface area (TPSA) is 71.0 Å². The van der Waals surface area contributed by atoms with Crippen LogP contribution in [0.5, 0.6) is 5.75 Å². The number of nitrogens with one attached hydrogen (secondary N) is 1. The Kier molecular flexibility index (Phi) is 6.84. The van der Waals surface area contributed by atoms with E-state index in [1.165, 1.54) is 18.2 Å². The molecule has 1 saturated heterocycles. The first-order chi connectivity index (χ1) is 13.5. The van der Waals surface area contributed by atoms with Crippen molar-refractivity contribution in [3.05, 3.63) is 65.5 Å². The largest absolute Gasteiger partial charge is 0.508 e. The molecule has 28 heavy (non-hydrogen) atoms. The molecule has 0 aromatic heterocycles. The minimum Gasteiger partial charge on any atom is -0.508 e. The number of morpholine rings is 1. The quantitative estimate of drug-likeness (QED) is 0.795. The average Bonchev–Trinajstić information content (AvgIpc) is 2.73. The zero-order valence-corrected chi connectivity index (χ0v) is 15.8. The lowest BCUT2D eigenvalue weighted by molar-refractivity contribution is -0.0278. The Bertz CT molecular complexity index is 787. The molecule has 1 aliphatic heterocycles. The summed E-state index contributed by atoms with van der Waals surface area (Å²) in [6.07, 6.45) is -0.579. The summed E-state index contributed by atoms with van der Waals surface area (Å²) in [6.45, 7) is 3.83. The first-order valence-corrected chi connectivity index (χ1v) is 9.32. The van der Waals surface area contributed by atoms with Crippen molar-refractivity contribution in [2.24, 2.45) is 0 Å². The first kappa shape index (κ1) is 20.1. The van der Waals surface area contributed by atoms with Gasteiger partial charge in [0.05, 0.1) is 19.3 Å². The number of hydrogen-bond donors (Lipinski definition) is 2. The minimum atomic E-state index is -0.400. The van der Waals surface area contributed by atoms with Crippen LogP contribution in [0.25, 0.3) is 0 Å². The second-order valence-corrected chi connectivity index (χ2v) is 6.81. The Labute approximate surface area is 163 Å². The molecule has 3 rings (SSSR count). The fraction of sp³-hybridized carbons (Fsp3) is 0.381. The number of halogens is 1. The monoisotopic (exact) mass is 388 g/mol. The van der Waals surface area contributed by atoms with Crippen LogP contribution >= 0.6 is 0 Å². The number of amides is 1. The van der Waals surface area contributed by atoms with Crippen LogP contribution in [0, 0.1) is 5.82 Å². The van der Waals surface area contributed by atoms with Crippen LogP contribution in [0.2, 0.25) is 0 Å². The molecule has 150 valence electrons. The first-order valence-electron chi connectivity index (χ1n) is 9.32. The maximum Gasteiger partial charge on any atom is 0.410 e. The fourth-order valence-corrected chi connectivity index (χ4v) is 3.11. The Balaban J connectivity index is 1.47. The second-order valence-electron chi connectivity index (χ2n) is 6.81. The number of carbonyl (C=O) groups is 1. The van der Waals surface area contributed by atoms with E-state index in [1.54, 1.807) is 4.90 Å². The number of nitrogens with zero attached hydrogens (tertiary/aromatic N) is 1. The number of rotatable bonds is 6. The van der Waals surface area contributed by atoms with Crippen molar-refractivity contribution < 1.29 is 23.8 Å². The van der Waals surface area contributed by atoms with E-state index in [0.717, 1.165) is 5.56 Å². The molecule has 0 radical (unpaired) electrons. The highest BCUT2D eigenvalue weighted by molar-refractivity contribution is 5.67. The molecule has 0 aliphatic carbocycles. The van der Waals surface area contributed by atoms with Crippen LogP contribution in [-0.4, -0.2) is 48.4 Å². The number of phenolic OH excluding ortho intramolecular Hbond substituents is 1. The summed E-state index contributed by atoms with van der Waals surface area (Å²) in [5.41, 5.74) is 1.42. The van der Waals surface area contributed by atoms with Gasteiger partial charge < -0.3 is 24.8 Å². The highest BCUT2D eigenvalue weighted by Gasteiger charge is 2.26. The summed E-state index contributed by atoms with van der Waals surface area (Å²) in [6, 6.07) is 13.1. The number of ether oxygens (including phenoxy) is 2. The predicted molar refractivity (Wildman–Crippen MR) is 102 cm³/mol. The van der Waals surface area contributed by atoms with E-state index in [9.17, 15) is 14.3 Å². The van der Waals surface area contributed by atoms with Gasteiger partial charge in [0.25, 0.3) is 0 Å². The summed E-state index contributed by atoms with van der Waals surface area (Å²) in [5.74, 6) is -0.361. The number of phenols is 1. The third-order valence-electron chi connectivity index (χ3n) is 4.71. The summed E-state index contributed by atoms with van der Waals surface area (Å²) >= 11 is 0. The molecule has 0 bridgehead atoms. The molecule has 2 N–H and O–H groups in total. The van der Waals surface area contributed by atoms with Crippen molar-refractivity contribution in [1.82, 2.24) is 10.2 Å². The Morgan fingerprint density at radius 3 is 2.93 bits per heavy atom. The molecular formula is C21H25FN2O4. The lowest BCUT2D eigenvalue weighted by Crippen LogP contribution is -2.49. The molecule has 0 saturated carbocycles. The SMILES string of the molecule is CC(NCC1CN(C(=O)OCc2ccccc2)CCO1)c1cc(F)ccc1O. The molecule has 6 nitrogen and oxygen atoms in total. The van der Waals surface area contributed by atoms with Gasteiger partial charge in [-0.15, -0.1) is 0 Å². The zero-order valence-electron chi connectivity index (χ0n) is 15.8. The maximum absolute atomic E-state index is 13.4. The Morgan fingerprint density at radius 2 is 2.14 bits per heavy atom. The molecule has 2 unspecified atom stereocenters. The van der Waals surface area contributed by atoms with E-state index in [-0.39, 0.29) is 30.6 Å². The van der Waals surface area contributed by atoms with Gasteiger partial charge in [-0.1, -0.05) is 30.3 Å². The van der Waals surface area contributed by atoms with Crippen molar-refractivity contribution in [3.8, 4) is 5.75 Å². The van der Waals surface area contributed by atoms with E-state index >= 15 is 0 Å². The molecule has 1 heterocycles. The summed E-state index contributed by atoms with van der Waals surface area (Å²) < 4.78 is 24.5. The Hall–Kier alpha value is -2.64. The third kappa shape index (κ3) is 5.43. The van der Waals surface area contributed by atoms with Gasteiger partial charge in [-0.2, -0.15) is 0 Å². The van der Waals surface area contributed by atoms with E-state index in [0.29, 0.717) is 31.8 Å². The van der Waals surface area contributed by atoms with Crippen molar-refractivity contribution in [1.29, 1.82) is 0 Å². The van der Waals surface area contributed by atoms with Crippen LogP contribution in [0.15, 0.2) is 48.5 Å². The van der Waals surface area contributed by atoms with E-state index in [2.05, 4.69) is 5.32 Å². The lowest BCUT2D eigenvalue weighted by atomic mass is 10.1. The van der Waals surface area contributed by atoms with Gasteiger partial charge in [0.1, 0.15) is 18.2 Å². The van der Waals surface area contributed by atoms with Crippen molar-refractivity contribution in [2.45, 2.75) is 25.7 Å². The molecule has 7 heteroatoms. The van der Waals surface area contributed by atoms with Gasteiger partial charge in [-0.3, -0.25) is 0 Å². The van der Waals surface area contributed by atoms with Gasteiger partial charge in [0, 0.05) is 24.7 Å². The summed E-state index contributed by atoms with van der Waals surface area (Å²) in [4.78, 5) is 13.9.